The molecule has 0 saturated heterocycles. The molecule has 0 saturated carbocycles. The minimum Gasteiger partial charge on any atom is -0.504 e. The van der Waals surface area contributed by atoms with Crippen LogP contribution in [0.25, 0.3) is 0 Å². The Kier molecular flexibility index (Phi) is 4.55. The van der Waals surface area contributed by atoms with E-state index in [0.29, 0.717) is 24.7 Å². The van der Waals surface area contributed by atoms with Crippen molar-refractivity contribution >= 4 is 0 Å². The van der Waals surface area contributed by atoms with Crippen LogP contribution >= 0.6 is 0 Å². The second-order valence-corrected chi connectivity index (χ2v) is 7.78. The summed E-state index contributed by atoms with van der Waals surface area (Å²) in [5, 5.41) is 20.5. The predicted octanol–water partition coefficient (Wildman–Crippen LogP) is 4.88. The number of hydrogen-bond donors (Lipinski definition) is 2. The molecule has 0 spiro atoms. The molecule has 2 aromatic rings. The Morgan fingerprint density at radius 3 is 2.23 bits per heavy atom. The van der Waals surface area contributed by atoms with E-state index < -0.39 is 0 Å². The van der Waals surface area contributed by atoms with Gasteiger partial charge in [-0.25, -0.2) is 0 Å². The zero-order valence-corrected chi connectivity index (χ0v) is 16.2. The molecule has 140 valence electrons. The number of aromatic hydroxyl groups is 2. The van der Waals surface area contributed by atoms with Crippen molar-refractivity contribution in [3.8, 4) is 23.0 Å². The molecule has 1 aliphatic carbocycles. The Bertz CT molecular complexity index is 825. The molecule has 0 amide bonds. The van der Waals surface area contributed by atoms with E-state index >= 15 is 0 Å². The lowest BCUT2D eigenvalue weighted by molar-refractivity contribution is 0.307. The lowest BCUT2D eigenvalue weighted by Gasteiger charge is -2.30. The molecular formula is C22H28O4. The number of phenols is 2. The predicted molar refractivity (Wildman–Crippen MR) is 103 cm³/mol. The molecule has 0 radical (unpaired) electrons. The van der Waals surface area contributed by atoms with Gasteiger partial charge < -0.3 is 19.7 Å². The number of benzene rings is 2. The van der Waals surface area contributed by atoms with Gasteiger partial charge >= 0.3 is 0 Å². The fourth-order valence-corrected chi connectivity index (χ4v) is 4.42. The largest absolute Gasteiger partial charge is 0.504 e. The molecule has 0 aromatic heterocycles. The van der Waals surface area contributed by atoms with Crippen LogP contribution in [0.3, 0.4) is 0 Å². The molecular weight excluding hydrogens is 328 g/mol. The Morgan fingerprint density at radius 2 is 1.58 bits per heavy atom. The highest BCUT2D eigenvalue weighted by Gasteiger charge is 2.48. The van der Waals surface area contributed by atoms with Crippen molar-refractivity contribution in [1.82, 2.24) is 0 Å². The SMILES string of the molecule is CCOc1cc(C2(C)CC(C)(C)c3ccc(O)c(OCC)c32)ccc1O. The molecule has 4 nitrogen and oxygen atoms in total. The smallest absolute Gasteiger partial charge is 0.165 e. The highest BCUT2D eigenvalue weighted by atomic mass is 16.5. The topological polar surface area (TPSA) is 58.9 Å². The summed E-state index contributed by atoms with van der Waals surface area (Å²) >= 11 is 0. The molecule has 0 fully saturated rings. The number of phenolic OH excluding ortho intramolecular Hbond substituents is 2. The van der Waals surface area contributed by atoms with Crippen molar-refractivity contribution in [1.29, 1.82) is 0 Å². The van der Waals surface area contributed by atoms with Crippen molar-refractivity contribution in [3.05, 3.63) is 47.0 Å². The zero-order valence-electron chi connectivity index (χ0n) is 16.2. The summed E-state index contributed by atoms with van der Waals surface area (Å²) in [6.07, 6.45) is 0.870. The highest BCUT2D eigenvalue weighted by Crippen LogP contribution is 2.58. The molecule has 0 aliphatic heterocycles. The summed E-state index contributed by atoms with van der Waals surface area (Å²) in [6, 6.07) is 9.24. The number of ether oxygens (including phenoxy) is 2. The monoisotopic (exact) mass is 356 g/mol. The maximum atomic E-state index is 10.4. The van der Waals surface area contributed by atoms with Crippen molar-refractivity contribution in [2.45, 2.75) is 51.9 Å². The third kappa shape index (κ3) is 2.77. The Hall–Kier alpha value is -2.36. The van der Waals surface area contributed by atoms with E-state index in [1.165, 1.54) is 5.56 Å². The van der Waals surface area contributed by atoms with Gasteiger partial charge in [0.25, 0.3) is 0 Å². The molecule has 26 heavy (non-hydrogen) atoms. The summed E-state index contributed by atoms with van der Waals surface area (Å²) in [7, 11) is 0. The molecule has 1 unspecified atom stereocenters. The van der Waals surface area contributed by atoms with Crippen LogP contribution in [-0.4, -0.2) is 23.4 Å². The zero-order chi connectivity index (χ0) is 19.1. The Balaban J connectivity index is 2.25. The van der Waals surface area contributed by atoms with Gasteiger partial charge in [-0.3, -0.25) is 0 Å². The van der Waals surface area contributed by atoms with Crippen LogP contribution in [-0.2, 0) is 10.8 Å². The second kappa shape index (κ2) is 6.42. The van der Waals surface area contributed by atoms with Crippen molar-refractivity contribution in [2.75, 3.05) is 13.2 Å². The Labute approximate surface area is 155 Å². The minimum atomic E-state index is -0.359. The quantitative estimate of drug-likeness (QED) is 0.801. The first-order valence-electron chi connectivity index (χ1n) is 9.20. The third-order valence-corrected chi connectivity index (χ3v) is 5.40. The van der Waals surface area contributed by atoms with E-state index in [4.69, 9.17) is 9.47 Å². The van der Waals surface area contributed by atoms with Crippen LogP contribution in [0.4, 0.5) is 0 Å². The molecule has 2 N–H and O–H groups in total. The second-order valence-electron chi connectivity index (χ2n) is 7.78. The molecule has 0 bridgehead atoms. The van der Waals surface area contributed by atoms with Gasteiger partial charge in [0.1, 0.15) is 0 Å². The number of fused-ring (bicyclic) bond motifs is 1. The van der Waals surface area contributed by atoms with Gasteiger partial charge in [0.2, 0.25) is 0 Å². The van der Waals surface area contributed by atoms with Gasteiger partial charge in [0.15, 0.2) is 23.0 Å². The highest BCUT2D eigenvalue weighted by molar-refractivity contribution is 5.63. The van der Waals surface area contributed by atoms with Gasteiger partial charge in [-0.15, -0.1) is 0 Å². The number of hydrogen-bond acceptors (Lipinski definition) is 4. The lowest BCUT2D eigenvalue weighted by atomic mass is 9.74. The third-order valence-electron chi connectivity index (χ3n) is 5.40. The summed E-state index contributed by atoms with van der Waals surface area (Å²) in [5.41, 5.74) is 2.83. The summed E-state index contributed by atoms with van der Waals surface area (Å²) < 4.78 is 11.5. The molecule has 2 aromatic carbocycles. The van der Waals surface area contributed by atoms with Crippen LogP contribution in [0, 0.1) is 0 Å². The van der Waals surface area contributed by atoms with E-state index in [1.807, 2.05) is 32.0 Å². The molecule has 1 atom stereocenters. The normalized spacial score (nSPS) is 20.7. The number of rotatable bonds is 5. The Morgan fingerprint density at radius 1 is 0.923 bits per heavy atom. The first-order chi connectivity index (χ1) is 12.2. The molecule has 4 heteroatoms. The lowest BCUT2D eigenvalue weighted by Crippen LogP contribution is -2.24. The van der Waals surface area contributed by atoms with Gasteiger partial charge in [-0.1, -0.05) is 32.9 Å². The van der Waals surface area contributed by atoms with E-state index in [9.17, 15) is 10.2 Å². The van der Waals surface area contributed by atoms with Crippen molar-refractivity contribution in [2.24, 2.45) is 0 Å². The average Bonchev–Trinajstić information content (AvgIpc) is 2.79. The van der Waals surface area contributed by atoms with Crippen LogP contribution in [0.1, 0.15) is 57.7 Å². The standard InChI is InChI=1S/C22H28O4/c1-6-25-18-12-14(8-10-16(18)23)22(5)13-21(3,4)15-9-11-17(24)20(19(15)22)26-7-2/h8-12,23-24H,6-7,13H2,1-5H3. The van der Waals surface area contributed by atoms with Crippen molar-refractivity contribution < 1.29 is 19.7 Å². The molecule has 3 rings (SSSR count). The van der Waals surface area contributed by atoms with E-state index in [-0.39, 0.29) is 22.3 Å². The summed E-state index contributed by atoms with van der Waals surface area (Å²) in [6.45, 7) is 11.4. The first-order valence-corrected chi connectivity index (χ1v) is 9.20. The van der Waals surface area contributed by atoms with Crippen LogP contribution < -0.4 is 9.47 Å². The fraction of sp³-hybridized carbons (Fsp3) is 0.455. The summed E-state index contributed by atoms with van der Waals surface area (Å²) in [5.74, 6) is 1.34. The maximum absolute atomic E-state index is 10.4. The van der Waals surface area contributed by atoms with Gasteiger partial charge in [-0.2, -0.15) is 0 Å². The summed E-state index contributed by atoms with van der Waals surface area (Å²) in [4.78, 5) is 0. The van der Waals surface area contributed by atoms with Gasteiger partial charge in [0.05, 0.1) is 13.2 Å². The van der Waals surface area contributed by atoms with E-state index in [1.54, 1.807) is 12.1 Å². The van der Waals surface area contributed by atoms with Crippen molar-refractivity contribution in [3.63, 3.8) is 0 Å². The van der Waals surface area contributed by atoms with E-state index in [0.717, 1.165) is 17.5 Å². The van der Waals surface area contributed by atoms with Crippen LogP contribution in [0.5, 0.6) is 23.0 Å². The van der Waals surface area contributed by atoms with Gasteiger partial charge in [0, 0.05) is 11.0 Å². The van der Waals surface area contributed by atoms with Crippen LogP contribution in [0.2, 0.25) is 0 Å². The van der Waals surface area contributed by atoms with Crippen LogP contribution in [0.15, 0.2) is 30.3 Å². The fourth-order valence-electron chi connectivity index (χ4n) is 4.42. The maximum Gasteiger partial charge on any atom is 0.165 e. The average molecular weight is 356 g/mol. The first kappa shape index (κ1) is 18.4. The minimum absolute atomic E-state index is 0.0622. The molecule has 0 heterocycles. The molecule has 1 aliphatic rings. The van der Waals surface area contributed by atoms with Gasteiger partial charge in [-0.05, 0) is 55.0 Å². The van der Waals surface area contributed by atoms with E-state index in [2.05, 4.69) is 20.8 Å².